The van der Waals surface area contributed by atoms with Crippen LogP contribution in [0.2, 0.25) is 0 Å². The molecule has 0 fully saturated rings. The first-order chi connectivity index (χ1) is 10.5. The van der Waals surface area contributed by atoms with E-state index in [1.165, 1.54) is 7.11 Å². The Bertz CT molecular complexity index is 733. The van der Waals surface area contributed by atoms with Gasteiger partial charge in [0, 0.05) is 35.2 Å². The van der Waals surface area contributed by atoms with Crippen molar-refractivity contribution in [3.63, 3.8) is 0 Å². The van der Waals surface area contributed by atoms with Crippen molar-refractivity contribution < 1.29 is 14.3 Å². The van der Waals surface area contributed by atoms with Crippen LogP contribution in [-0.4, -0.2) is 30.3 Å². The number of methoxy groups -OCH3 is 2. The number of carbonyl (C=O) groups is 1. The van der Waals surface area contributed by atoms with Gasteiger partial charge in [-0.3, -0.25) is 14.7 Å². The quantitative estimate of drug-likeness (QED) is 0.740. The Morgan fingerprint density at radius 2 is 2.00 bits per heavy atom. The summed E-state index contributed by atoms with van der Waals surface area (Å²) in [7, 11) is 3.07. The third-order valence-corrected chi connectivity index (χ3v) is 3.58. The molecule has 1 aromatic heterocycles. The van der Waals surface area contributed by atoms with Crippen LogP contribution in [0.25, 0.3) is 0 Å². The first kappa shape index (κ1) is 15.7. The zero-order valence-electron chi connectivity index (χ0n) is 12.7. The fraction of sp³-hybridized carbons (Fsp3) is 0.333. The second kappa shape index (κ2) is 6.38. The monoisotopic (exact) mass is 305 g/mol. The summed E-state index contributed by atoms with van der Waals surface area (Å²) in [5, 5.41) is 5.29. The summed E-state index contributed by atoms with van der Waals surface area (Å²) in [4.78, 5) is 23.5. The SMILES string of the molecule is COc1ccc(C(CC(N)=O)c2c(C)[nH][nH]c2=O)c(OC)c1. The second-order valence-corrected chi connectivity index (χ2v) is 4.95. The van der Waals surface area contributed by atoms with E-state index in [2.05, 4.69) is 10.2 Å². The highest BCUT2D eigenvalue weighted by Crippen LogP contribution is 2.36. The van der Waals surface area contributed by atoms with Crippen LogP contribution in [0, 0.1) is 6.92 Å². The smallest absolute Gasteiger partial charge is 0.267 e. The Hall–Kier alpha value is -2.70. The molecule has 1 unspecified atom stereocenters. The number of primary amides is 1. The average Bonchev–Trinajstić information content (AvgIpc) is 2.83. The molecule has 0 bridgehead atoms. The molecule has 0 aliphatic rings. The zero-order valence-corrected chi connectivity index (χ0v) is 12.7. The summed E-state index contributed by atoms with van der Waals surface area (Å²) in [5.74, 6) is 0.167. The van der Waals surface area contributed by atoms with E-state index >= 15 is 0 Å². The van der Waals surface area contributed by atoms with Gasteiger partial charge in [-0.2, -0.15) is 0 Å². The summed E-state index contributed by atoms with van der Waals surface area (Å²) in [5.41, 5.74) is 6.92. The standard InChI is InChI=1S/C15H19N3O4/c1-8-14(15(20)18-17-8)11(7-13(16)19)10-5-4-9(21-2)6-12(10)22-3/h4-6,11H,7H2,1-3H3,(H2,16,19)(H2,17,18,20). The molecular weight excluding hydrogens is 286 g/mol. The minimum Gasteiger partial charge on any atom is -0.497 e. The van der Waals surface area contributed by atoms with E-state index in [-0.39, 0.29) is 12.0 Å². The number of ether oxygens (including phenoxy) is 2. The first-order valence-corrected chi connectivity index (χ1v) is 6.75. The molecule has 0 radical (unpaired) electrons. The number of carbonyl (C=O) groups excluding carboxylic acids is 1. The number of hydrogen-bond acceptors (Lipinski definition) is 4. The maximum atomic E-state index is 12.1. The van der Waals surface area contributed by atoms with Gasteiger partial charge in [-0.1, -0.05) is 6.07 Å². The van der Waals surface area contributed by atoms with Crippen LogP contribution >= 0.6 is 0 Å². The normalized spacial score (nSPS) is 12.0. The van der Waals surface area contributed by atoms with Gasteiger partial charge < -0.3 is 20.3 Å². The lowest BCUT2D eigenvalue weighted by Gasteiger charge is -2.18. The number of amides is 1. The third kappa shape index (κ3) is 2.98. The highest BCUT2D eigenvalue weighted by molar-refractivity contribution is 5.76. The fourth-order valence-electron chi connectivity index (χ4n) is 2.55. The highest BCUT2D eigenvalue weighted by Gasteiger charge is 2.26. The van der Waals surface area contributed by atoms with E-state index in [1.807, 2.05) is 0 Å². The molecule has 118 valence electrons. The van der Waals surface area contributed by atoms with Crippen LogP contribution in [0.3, 0.4) is 0 Å². The zero-order chi connectivity index (χ0) is 16.3. The molecule has 7 heteroatoms. The minimum atomic E-state index is -0.497. The molecule has 0 aliphatic carbocycles. The number of benzene rings is 1. The molecule has 1 heterocycles. The van der Waals surface area contributed by atoms with Crippen molar-refractivity contribution in [1.29, 1.82) is 0 Å². The molecule has 1 atom stereocenters. The van der Waals surface area contributed by atoms with Crippen molar-refractivity contribution in [3.05, 3.63) is 45.4 Å². The number of hydrogen-bond donors (Lipinski definition) is 3. The van der Waals surface area contributed by atoms with E-state index in [1.54, 1.807) is 32.2 Å². The van der Waals surface area contributed by atoms with E-state index in [0.717, 1.165) is 0 Å². The van der Waals surface area contributed by atoms with Gasteiger partial charge in [0.2, 0.25) is 5.91 Å². The number of aromatic nitrogens is 2. The Balaban J connectivity index is 2.60. The lowest BCUT2D eigenvalue weighted by atomic mass is 9.87. The number of nitrogens with two attached hydrogens (primary N) is 1. The summed E-state index contributed by atoms with van der Waals surface area (Å²) in [6.45, 7) is 1.76. The van der Waals surface area contributed by atoms with Crippen LogP contribution in [0.15, 0.2) is 23.0 Å². The Kier molecular flexibility index (Phi) is 4.55. The van der Waals surface area contributed by atoms with Gasteiger partial charge >= 0.3 is 0 Å². The lowest BCUT2D eigenvalue weighted by Crippen LogP contribution is -2.21. The highest BCUT2D eigenvalue weighted by atomic mass is 16.5. The molecule has 1 amide bonds. The molecule has 2 aromatic rings. The van der Waals surface area contributed by atoms with Crippen LogP contribution in [0.5, 0.6) is 11.5 Å². The van der Waals surface area contributed by atoms with Crippen molar-refractivity contribution in [2.24, 2.45) is 5.73 Å². The van der Waals surface area contributed by atoms with Gasteiger partial charge in [0.25, 0.3) is 5.56 Å². The lowest BCUT2D eigenvalue weighted by molar-refractivity contribution is -0.118. The summed E-state index contributed by atoms with van der Waals surface area (Å²) < 4.78 is 10.5. The summed E-state index contributed by atoms with van der Waals surface area (Å²) in [6, 6.07) is 5.23. The van der Waals surface area contributed by atoms with Crippen LogP contribution in [0.4, 0.5) is 0 Å². The molecule has 2 rings (SSSR count). The van der Waals surface area contributed by atoms with Crippen molar-refractivity contribution >= 4 is 5.91 Å². The Labute approximate surface area is 127 Å². The predicted molar refractivity (Wildman–Crippen MR) is 81.4 cm³/mol. The average molecular weight is 305 g/mol. The molecule has 4 N–H and O–H groups in total. The number of aryl methyl sites for hydroxylation is 1. The second-order valence-electron chi connectivity index (χ2n) is 4.95. The molecule has 0 aliphatic heterocycles. The maximum Gasteiger partial charge on any atom is 0.267 e. The topological polar surface area (TPSA) is 110 Å². The van der Waals surface area contributed by atoms with E-state index in [9.17, 15) is 9.59 Å². The summed E-state index contributed by atoms with van der Waals surface area (Å²) >= 11 is 0. The van der Waals surface area contributed by atoms with E-state index in [0.29, 0.717) is 28.3 Å². The fourth-order valence-corrected chi connectivity index (χ4v) is 2.55. The van der Waals surface area contributed by atoms with Gasteiger partial charge in [-0.05, 0) is 13.0 Å². The minimum absolute atomic E-state index is 0.00443. The van der Waals surface area contributed by atoms with Crippen LogP contribution in [0.1, 0.15) is 29.2 Å². The Morgan fingerprint density at radius 3 is 2.50 bits per heavy atom. The number of nitrogens with one attached hydrogen (secondary N) is 2. The van der Waals surface area contributed by atoms with Gasteiger partial charge in [-0.25, -0.2) is 0 Å². The number of aromatic amines is 2. The van der Waals surface area contributed by atoms with Crippen LogP contribution < -0.4 is 20.8 Å². The third-order valence-electron chi connectivity index (χ3n) is 3.58. The van der Waals surface area contributed by atoms with Gasteiger partial charge in [0.05, 0.1) is 14.2 Å². The van der Waals surface area contributed by atoms with E-state index < -0.39 is 11.8 Å². The molecule has 0 spiro atoms. The molecular formula is C15H19N3O4. The van der Waals surface area contributed by atoms with E-state index in [4.69, 9.17) is 15.2 Å². The maximum absolute atomic E-state index is 12.1. The van der Waals surface area contributed by atoms with Crippen molar-refractivity contribution in [1.82, 2.24) is 10.2 Å². The van der Waals surface area contributed by atoms with Crippen molar-refractivity contribution in [2.75, 3.05) is 14.2 Å². The first-order valence-electron chi connectivity index (χ1n) is 6.75. The molecule has 0 saturated heterocycles. The van der Waals surface area contributed by atoms with Crippen molar-refractivity contribution in [2.45, 2.75) is 19.3 Å². The molecule has 1 aromatic carbocycles. The van der Waals surface area contributed by atoms with Gasteiger partial charge in [0.1, 0.15) is 11.5 Å². The largest absolute Gasteiger partial charge is 0.497 e. The van der Waals surface area contributed by atoms with Gasteiger partial charge in [-0.15, -0.1) is 0 Å². The molecule has 0 saturated carbocycles. The number of H-pyrrole nitrogens is 2. The summed E-state index contributed by atoms with van der Waals surface area (Å²) in [6.07, 6.45) is 0.00443. The van der Waals surface area contributed by atoms with Gasteiger partial charge in [0.15, 0.2) is 0 Å². The predicted octanol–water partition coefficient (Wildman–Crippen LogP) is 1.04. The number of rotatable bonds is 6. The van der Waals surface area contributed by atoms with Crippen LogP contribution in [-0.2, 0) is 4.79 Å². The Morgan fingerprint density at radius 1 is 1.27 bits per heavy atom. The molecule has 7 nitrogen and oxygen atoms in total. The van der Waals surface area contributed by atoms with Crippen molar-refractivity contribution in [3.8, 4) is 11.5 Å². The molecule has 22 heavy (non-hydrogen) atoms.